The van der Waals surface area contributed by atoms with Crippen LogP contribution in [0, 0.1) is 0 Å². The van der Waals surface area contributed by atoms with Crippen molar-refractivity contribution in [2.24, 2.45) is 0 Å². The quantitative estimate of drug-likeness (QED) is 0.142. The van der Waals surface area contributed by atoms with Crippen LogP contribution in [0.4, 0.5) is 0 Å². The molecule has 0 atom stereocenters. The lowest BCUT2D eigenvalue weighted by molar-refractivity contribution is 0.123. The summed E-state index contributed by atoms with van der Waals surface area (Å²) in [4.78, 5) is 0. The fourth-order valence-electron chi connectivity index (χ4n) is 3.03. The highest BCUT2D eigenvalue weighted by Gasteiger charge is 2.36. The van der Waals surface area contributed by atoms with Gasteiger partial charge in [0.2, 0.25) is 0 Å². The molecule has 28 heavy (non-hydrogen) atoms. The summed E-state index contributed by atoms with van der Waals surface area (Å²) in [6.07, 6.45) is 17.6. The van der Waals surface area contributed by atoms with Crippen molar-refractivity contribution in [3.05, 3.63) is 0 Å². The summed E-state index contributed by atoms with van der Waals surface area (Å²) in [5.41, 5.74) is 6.66. The molecule has 0 fully saturated rings. The molecular weight excluding hydrogens is 368 g/mol. The van der Waals surface area contributed by atoms with Crippen molar-refractivity contribution in [2.45, 2.75) is 110 Å². The van der Waals surface area contributed by atoms with E-state index in [0.29, 0.717) is 0 Å². The number of hydrazine groups is 1. The van der Waals surface area contributed by atoms with Crippen LogP contribution in [0.2, 0.25) is 6.04 Å². The fourth-order valence-corrected chi connectivity index (χ4v) is 4.75. The topological polar surface area (TPSA) is 51.8 Å². The molecule has 0 saturated heterocycles. The number of hydrogen-bond donors (Lipinski definition) is 2. The van der Waals surface area contributed by atoms with Gasteiger partial charge in [0.1, 0.15) is 0 Å². The second kappa shape index (κ2) is 25.1. The molecule has 0 amide bonds. The minimum atomic E-state index is -2.22. The Labute approximate surface area is 178 Å². The summed E-state index contributed by atoms with van der Waals surface area (Å²) in [5, 5.41) is 0. The Morgan fingerprint density at radius 3 is 1.14 bits per heavy atom. The van der Waals surface area contributed by atoms with Crippen LogP contribution >= 0.6 is 0 Å². The number of nitrogens with one attached hydrogen (secondary N) is 2. The third-order valence-electron chi connectivity index (χ3n) is 4.92. The smallest absolute Gasteiger partial charge is 0.377 e. The van der Waals surface area contributed by atoms with Crippen molar-refractivity contribution >= 4 is 8.80 Å². The van der Waals surface area contributed by atoms with E-state index >= 15 is 0 Å². The van der Waals surface area contributed by atoms with Gasteiger partial charge >= 0.3 is 8.80 Å². The maximum atomic E-state index is 5.17. The van der Waals surface area contributed by atoms with Crippen molar-refractivity contribution in [3.8, 4) is 0 Å². The molecule has 0 aliphatic heterocycles. The zero-order chi connectivity index (χ0) is 21.3. The Morgan fingerprint density at radius 1 is 0.500 bits per heavy atom. The van der Waals surface area contributed by atoms with Gasteiger partial charge in [-0.15, -0.1) is 0 Å². The molecule has 0 aromatic heterocycles. The molecule has 0 unspecified atom stereocenters. The van der Waals surface area contributed by atoms with Gasteiger partial charge in [-0.25, -0.2) is 0 Å². The second-order valence-electron chi connectivity index (χ2n) is 7.43. The molecule has 0 rings (SSSR count). The van der Waals surface area contributed by atoms with Gasteiger partial charge in [-0.1, -0.05) is 91.4 Å². The van der Waals surface area contributed by atoms with Gasteiger partial charge in [0.25, 0.3) is 0 Å². The van der Waals surface area contributed by atoms with E-state index in [0.717, 1.165) is 25.6 Å². The van der Waals surface area contributed by atoms with Crippen LogP contribution in [0.5, 0.6) is 0 Å². The van der Waals surface area contributed by atoms with Gasteiger partial charge < -0.3 is 13.3 Å². The van der Waals surface area contributed by atoms with E-state index in [-0.39, 0.29) is 0 Å². The molecule has 0 aliphatic rings. The zero-order valence-corrected chi connectivity index (χ0v) is 21.0. The van der Waals surface area contributed by atoms with Crippen molar-refractivity contribution in [1.82, 2.24) is 10.9 Å². The molecular formula is C22H52N2O3Si. The molecule has 5 nitrogen and oxygen atoms in total. The highest BCUT2D eigenvalue weighted by Crippen LogP contribution is 2.13. The van der Waals surface area contributed by atoms with Gasteiger partial charge in [0.05, 0.1) is 0 Å². The van der Waals surface area contributed by atoms with Gasteiger partial charge in [-0.3, -0.25) is 10.9 Å². The average Bonchev–Trinajstić information content (AvgIpc) is 2.73. The largest absolute Gasteiger partial charge is 0.500 e. The van der Waals surface area contributed by atoms with Crippen LogP contribution in [0.3, 0.4) is 0 Å². The van der Waals surface area contributed by atoms with Gasteiger partial charge in [-0.2, -0.15) is 0 Å². The highest BCUT2D eigenvalue weighted by molar-refractivity contribution is 6.60. The normalized spacial score (nSPS) is 11.4. The van der Waals surface area contributed by atoms with Crippen molar-refractivity contribution in [2.75, 3.05) is 34.4 Å². The Kier molecular flexibility index (Phi) is 27.0. The summed E-state index contributed by atoms with van der Waals surface area (Å²) >= 11 is 0. The van der Waals surface area contributed by atoms with E-state index in [2.05, 4.69) is 31.6 Å². The molecule has 0 aromatic carbocycles. The predicted molar refractivity (Wildman–Crippen MR) is 125 cm³/mol. The summed E-state index contributed by atoms with van der Waals surface area (Å²) in [5.74, 6) is 0. The van der Waals surface area contributed by atoms with Crippen molar-refractivity contribution < 1.29 is 13.3 Å². The molecule has 0 aromatic rings. The first-order valence-corrected chi connectivity index (χ1v) is 13.7. The molecule has 0 radical (unpaired) electrons. The monoisotopic (exact) mass is 420 g/mol. The summed E-state index contributed by atoms with van der Waals surface area (Å²) in [6, 6.07) is 0.885. The molecule has 2 N–H and O–H groups in total. The molecule has 0 bridgehead atoms. The molecule has 0 aliphatic carbocycles. The number of hydrogen-bond acceptors (Lipinski definition) is 5. The SMILES string of the molecule is CCCCCCCCNNCCCCCCCC.CCC[Si](OC)(OC)OC. The van der Waals surface area contributed by atoms with E-state index in [1.54, 1.807) is 21.3 Å². The maximum Gasteiger partial charge on any atom is 0.500 e. The third-order valence-corrected chi connectivity index (χ3v) is 7.90. The standard InChI is InChI=1S/C16H36N2.C6H16O3Si/c1-3-5-7-9-11-13-15-17-18-16-14-12-10-8-6-4-2;1-5-6-10(7-2,8-3)9-4/h17-18H,3-16H2,1-2H3;5-6H2,1-4H3. The van der Waals surface area contributed by atoms with Crippen LogP contribution in [-0.4, -0.2) is 43.2 Å². The third kappa shape index (κ3) is 20.7. The van der Waals surface area contributed by atoms with Crippen LogP contribution in [0.1, 0.15) is 104 Å². The lowest BCUT2D eigenvalue weighted by Gasteiger charge is -2.23. The molecule has 0 heterocycles. The van der Waals surface area contributed by atoms with E-state index in [1.165, 1.54) is 77.0 Å². The Bertz CT molecular complexity index is 256. The van der Waals surface area contributed by atoms with E-state index in [4.69, 9.17) is 13.3 Å². The predicted octanol–water partition coefficient (Wildman–Crippen LogP) is 6.08. The van der Waals surface area contributed by atoms with Gasteiger partial charge in [-0.05, 0) is 12.8 Å². The Hall–Kier alpha value is 0.0169. The molecule has 0 saturated carbocycles. The second-order valence-corrected chi connectivity index (χ2v) is 10.5. The van der Waals surface area contributed by atoms with E-state index in [1.807, 2.05) is 0 Å². The van der Waals surface area contributed by atoms with Crippen LogP contribution < -0.4 is 10.9 Å². The van der Waals surface area contributed by atoms with Crippen molar-refractivity contribution in [1.29, 1.82) is 0 Å². The lowest BCUT2D eigenvalue weighted by Crippen LogP contribution is -2.42. The molecule has 6 heteroatoms. The first-order valence-electron chi connectivity index (χ1n) is 11.8. The first kappa shape index (κ1) is 30.2. The Morgan fingerprint density at radius 2 is 0.857 bits per heavy atom. The number of rotatable bonds is 20. The Balaban J connectivity index is 0. The molecule has 172 valence electrons. The van der Waals surface area contributed by atoms with E-state index in [9.17, 15) is 0 Å². The number of unbranched alkanes of at least 4 members (excludes halogenated alkanes) is 10. The summed E-state index contributed by atoms with van der Waals surface area (Å²) in [6.45, 7) is 8.88. The maximum absolute atomic E-state index is 5.17. The zero-order valence-electron chi connectivity index (χ0n) is 20.0. The van der Waals surface area contributed by atoms with Crippen molar-refractivity contribution in [3.63, 3.8) is 0 Å². The average molecular weight is 421 g/mol. The van der Waals surface area contributed by atoms with Crippen LogP contribution in [0.25, 0.3) is 0 Å². The van der Waals surface area contributed by atoms with E-state index < -0.39 is 8.80 Å². The minimum absolute atomic E-state index is 0.885. The first-order chi connectivity index (χ1) is 13.7. The lowest BCUT2D eigenvalue weighted by atomic mass is 10.1. The molecule has 0 spiro atoms. The van der Waals surface area contributed by atoms with Crippen LogP contribution in [-0.2, 0) is 13.3 Å². The fraction of sp³-hybridized carbons (Fsp3) is 1.00. The highest BCUT2D eigenvalue weighted by atomic mass is 28.4. The summed E-state index contributed by atoms with van der Waals surface area (Å²) in [7, 11) is 2.68. The minimum Gasteiger partial charge on any atom is -0.377 e. The van der Waals surface area contributed by atoms with Gasteiger partial charge in [0, 0.05) is 40.5 Å². The summed E-state index contributed by atoms with van der Waals surface area (Å²) < 4.78 is 15.5. The van der Waals surface area contributed by atoms with Crippen LogP contribution in [0.15, 0.2) is 0 Å². The van der Waals surface area contributed by atoms with Gasteiger partial charge in [0.15, 0.2) is 0 Å².